The first-order valence-electron chi connectivity index (χ1n) is 8.05. The van der Waals surface area contributed by atoms with E-state index in [0.29, 0.717) is 18.8 Å². The second-order valence-electron chi connectivity index (χ2n) is 5.69. The first-order valence-corrected chi connectivity index (χ1v) is 8.05. The Bertz CT molecular complexity index is 795. The highest BCUT2D eigenvalue weighted by molar-refractivity contribution is 5.94. The van der Waals surface area contributed by atoms with E-state index in [2.05, 4.69) is 16.6 Å². The Morgan fingerprint density at radius 1 is 1.12 bits per heavy atom. The van der Waals surface area contributed by atoms with Gasteiger partial charge in [-0.05, 0) is 42.0 Å². The summed E-state index contributed by atoms with van der Waals surface area (Å²) in [6.45, 7) is 2.21. The second kappa shape index (κ2) is 9.23. The zero-order chi connectivity index (χ0) is 18.9. The van der Waals surface area contributed by atoms with Gasteiger partial charge in [-0.3, -0.25) is 9.59 Å². The van der Waals surface area contributed by atoms with Crippen molar-refractivity contribution in [3.63, 3.8) is 0 Å². The monoisotopic (exact) mass is 353 g/mol. The van der Waals surface area contributed by atoms with Crippen molar-refractivity contribution >= 4 is 23.2 Å². The number of hydrogen-bond acceptors (Lipinski definition) is 3. The third-order valence-electron chi connectivity index (χ3n) is 3.58. The quantitative estimate of drug-likeness (QED) is 0.752. The second-order valence-corrected chi connectivity index (χ2v) is 5.69. The van der Waals surface area contributed by atoms with Crippen LogP contribution in [-0.2, 0) is 16.1 Å². The molecule has 0 aromatic heterocycles. The smallest absolute Gasteiger partial charge is 0.243 e. The fourth-order valence-electron chi connectivity index (χ4n) is 2.32. The number of carbonyl (C=O) groups excluding carboxylic acids is 2. The van der Waals surface area contributed by atoms with Crippen molar-refractivity contribution in [3.8, 4) is 12.3 Å². The molecule has 2 amide bonds. The lowest BCUT2D eigenvalue weighted by Crippen LogP contribution is -2.31. The summed E-state index contributed by atoms with van der Waals surface area (Å²) >= 11 is 0. The van der Waals surface area contributed by atoms with Crippen LogP contribution in [-0.4, -0.2) is 24.9 Å². The molecule has 2 aromatic rings. The largest absolute Gasteiger partial charge is 0.356 e. The predicted octanol–water partition coefficient (Wildman–Crippen LogP) is 2.54. The Morgan fingerprint density at radius 3 is 2.35 bits per heavy atom. The van der Waals surface area contributed by atoms with Crippen LogP contribution in [0.5, 0.6) is 0 Å². The van der Waals surface area contributed by atoms with Gasteiger partial charge in [0.05, 0.1) is 13.1 Å². The van der Waals surface area contributed by atoms with Gasteiger partial charge in [-0.15, -0.1) is 6.42 Å². The minimum atomic E-state index is -0.306. The summed E-state index contributed by atoms with van der Waals surface area (Å²) in [4.78, 5) is 24.5. The van der Waals surface area contributed by atoms with Crippen LogP contribution < -0.4 is 15.5 Å². The van der Waals surface area contributed by atoms with Gasteiger partial charge < -0.3 is 15.5 Å². The Balaban J connectivity index is 2.03. The van der Waals surface area contributed by atoms with Crippen LogP contribution in [0.3, 0.4) is 0 Å². The number of benzene rings is 2. The lowest BCUT2D eigenvalue weighted by atomic mass is 10.2. The molecule has 2 rings (SSSR count). The molecular formula is C20H20FN3O2. The molecule has 0 spiro atoms. The first kappa shape index (κ1) is 19.0. The Kier molecular flexibility index (Phi) is 6.75. The molecule has 0 aliphatic heterocycles. The molecule has 0 bridgehead atoms. The number of anilines is 2. The molecule has 2 aromatic carbocycles. The van der Waals surface area contributed by atoms with Crippen molar-refractivity contribution in [1.29, 1.82) is 0 Å². The lowest BCUT2D eigenvalue weighted by Gasteiger charge is -2.23. The third-order valence-corrected chi connectivity index (χ3v) is 3.58. The number of terminal acetylenes is 1. The van der Waals surface area contributed by atoms with Gasteiger partial charge in [0, 0.05) is 24.8 Å². The number of hydrogen-bond donors (Lipinski definition) is 2. The fourth-order valence-corrected chi connectivity index (χ4v) is 2.32. The van der Waals surface area contributed by atoms with E-state index in [-0.39, 0.29) is 24.2 Å². The summed E-state index contributed by atoms with van der Waals surface area (Å²) in [5.41, 5.74) is 2.44. The summed E-state index contributed by atoms with van der Waals surface area (Å²) in [6.07, 6.45) is 5.45. The molecule has 6 heteroatoms. The van der Waals surface area contributed by atoms with Crippen LogP contribution in [0.15, 0.2) is 48.5 Å². The van der Waals surface area contributed by atoms with E-state index < -0.39 is 0 Å². The van der Waals surface area contributed by atoms with Crippen LogP contribution in [0.4, 0.5) is 15.8 Å². The van der Waals surface area contributed by atoms with Gasteiger partial charge in [-0.2, -0.15) is 0 Å². The van der Waals surface area contributed by atoms with Crippen molar-refractivity contribution in [2.45, 2.75) is 13.5 Å². The van der Waals surface area contributed by atoms with Crippen LogP contribution in [0, 0.1) is 18.2 Å². The van der Waals surface area contributed by atoms with Gasteiger partial charge in [0.15, 0.2) is 0 Å². The van der Waals surface area contributed by atoms with Crippen molar-refractivity contribution in [2.75, 3.05) is 23.3 Å². The summed E-state index contributed by atoms with van der Waals surface area (Å²) in [7, 11) is 0. The molecule has 2 N–H and O–H groups in total. The number of nitrogens with one attached hydrogen (secondary N) is 2. The Morgan fingerprint density at radius 2 is 1.77 bits per heavy atom. The van der Waals surface area contributed by atoms with E-state index in [1.54, 1.807) is 24.3 Å². The summed E-state index contributed by atoms with van der Waals surface area (Å²) in [5.74, 6) is 1.76. The van der Waals surface area contributed by atoms with Gasteiger partial charge in [0.1, 0.15) is 5.82 Å². The molecule has 0 atom stereocenters. The molecule has 0 unspecified atom stereocenters. The number of carbonyl (C=O) groups is 2. The minimum absolute atomic E-state index is 0.0785. The van der Waals surface area contributed by atoms with Crippen LogP contribution in [0.1, 0.15) is 12.5 Å². The van der Waals surface area contributed by atoms with Gasteiger partial charge in [0.2, 0.25) is 11.8 Å². The molecule has 0 radical (unpaired) electrons. The van der Waals surface area contributed by atoms with Crippen molar-refractivity contribution in [2.24, 2.45) is 0 Å². The van der Waals surface area contributed by atoms with E-state index in [1.165, 1.54) is 19.1 Å². The summed E-state index contributed by atoms with van der Waals surface area (Å²) in [5, 5.41) is 5.13. The minimum Gasteiger partial charge on any atom is -0.356 e. The molecular weight excluding hydrogens is 333 g/mol. The molecule has 0 saturated carbocycles. The lowest BCUT2D eigenvalue weighted by molar-refractivity contribution is -0.122. The van der Waals surface area contributed by atoms with E-state index in [9.17, 15) is 14.0 Å². The maximum atomic E-state index is 13.0. The Labute approximate surface area is 152 Å². The zero-order valence-electron chi connectivity index (χ0n) is 14.5. The molecule has 0 fully saturated rings. The van der Waals surface area contributed by atoms with E-state index >= 15 is 0 Å². The molecule has 0 saturated heterocycles. The standard InChI is InChI=1S/C20H20FN3O2/c1-3-12-24(14-16-4-6-17(21)7-5-16)19-10-8-18(9-11-19)23-20(26)13-22-15(2)25/h1,4-11H,12-14H2,2H3,(H,22,25)(H,23,26). The summed E-state index contributed by atoms with van der Waals surface area (Å²) in [6, 6.07) is 13.5. The molecule has 5 nitrogen and oxygen atoms in total. The topological polar surface area (TPSA) is 61.4 Å². The third kappa shape index (κ3) is 5.95. The van der Waals surface area contributed by atoms with Gasteiger partial charge in [0.25, 0.3) is 0 Å². The average Bonchev–Trinajstić information content (AvgIpc) is 2.62. The van der Waals surface area contributed by atoms with Gasteiger partial charge in [-0.25, -0.2) is 4.39 Å². The normalized spacial score (nSPS) is 9.88. The number of nitrogens with zero attached hydrogens (tertiary/aromatic N) is 1. The molecule has 0 heterocycles. The van der Waals surface area contributed by atoms with Crippen LogP contribution in [0.25, 0.3) is 0 Å². The highest BCUT2D eigenvalue weighted by Crippen LogP contribution is 2.20. The highest BCUT2D eigenvalue weighted by atomic mass is 19.1. The maximum absolute atomic E-state index is 13.0. The molecule has 26 heavy (non-hydrogen) atoms. The van der Waals surface area contributed by atoms with Crippen LogP contribution in [0.2, 0.25) is 0 Å². The molecule has 0 aliphatic rings. The molecule has 0 aliphatic carbocycles. The van der Waals surface area contributed by atoms with Crippen LogP contribution >= 0.6 is 0 Å². The zero-order valence-corrected chi connectivity index (χ0v) is 14.5. The first-order chi connectivity index (χ1) is 12.5. The molecule has 134 valence electrons. The number of halogens is 1. The number of amides is 2. The highest BCUT2D eigenvalue weighted by Gasteiger charge is 2.08. The fraction of sp³-hybridized carbons (Fsp3) is 0.200. The van der Waals surface area contributed by atoms with Crippen molar-refractivity contribution < 1.29 is 14.0 Å². The van der Waals surface area contributed by atoms with E-state index in [0.717, 1.165) is 11.3 Å². The van der Waals surface area contributed by atoms with Crippen molar-refractivity contribution in [3.05, 3.63) is 59.9 Å². The average molecular weight is 353 g/mol. The summed E-state index contributed by atoms with van der Waals surface area (Å²) < 4.78 is 13.0. The predicted molar refractivity (Wildman–Crippen MR) is 100 cm³/mol. The Hall–Kier alpha value is -3.33. The van der Waals surface area contributed by atoms with E-state index in [4.69, 9.17) is 6.42 Å². The number of rotatable bonds is 7. The maximum Gasteiger partial charge on any atom is 0.243 e. The van der Waals surface area contributed by atoms with E-state index in [1.807, 2.05) is 17.0 Å². The van der Waals surface area contributed by atoms with Crippen molar-refractivity contribution in [1.82, 2.24) is 5.32 Å². The SMILES string of the molecule is C#CCN(Cc1ccc(F)cc1)c1ccc(NC(=O)CNC(C)=O)cc1. The van der Waals surface area contributed by atoms with Gasteiger partial charge >= 0.3 is 0 Å². The van der Waals surface area contributed by atoms with Gasteiger partial charge in [-0.1, -0.05) is 18.1 Å².